The van der Waals surface area contributed by atoms with Gasteiger partial charge in [-0.2, -0.15) is 4.31 Å². The predicted molar refractivity (Wildman–Crippen MR) is 133 cm³/mol. The highest BCUT2D eigenvalue weighted by Gasteiger charge is 2.28. The van der Waals surface area contributed by atoms with Gasteiger partial charge >= 0.3 is 0 Å². The van der Waals surface area contributed by atoms with Crippen LogP contribution in [0.5, 0.6) is 0 Å². The summed E-state index contributed by atoms with van der Waals surface area (Å²) < 4.78 is 28.9. The number of halogens is 1. The Bertz CT molecular complexity index is 1200. The van der Waals surface area contributed by atoms with Gasteiger partial charge in [0.25, 0.3) is 0 Å². The van der Waals surface area contributed by atoms with Crippen LogP contribution < -0.4 is 5.32 Å². The Morgan fingerprint density at radius 3 is 2.42 bits per heavy atom. The van der Waals surface area contributed by atoms with Crippen molar-refractivity contribution in [1.29, 1.82) is 0 Å². The van der Waals surface area contributed by atoms with Gasteiger partial charge in [0.15, 0.2) is 0 Å². The van der Waals surface area contributed by atoms with Gasteiger partial charge in [-0.3, -0.25) is 4.79 Å². The summed E-state index contributed by atoms with van der Waals surface area (Å²) >= 11 is 3.35. The van der Waals surface area contributed by atoms with Gasteiger partial charge in [-0.1, -0.05) is 70.5 Å². The minimum atomic E-state index is -3.83. The predicted octanol–water partition coefficient (Wildman–Crippen LogP) is 4.88. The molecule has 0 radical (unpaired) electrons. The highest BCUT2D eigenvalue weighted by Crippen LogP contribution is 2.29. The molecule has 0 heterocycles. The molecule has 1 aliphatic carbocycles. The fourth-order valence-electron chi connectivity index (χ4n) is 4.24. The number of nitrogens with one attached hydrogen (secondary N) is 1. The van der Waals surface area contributed by atoms with E-state index in [1.54, 1.807) is 24.3 Å². The molecule has 0 spiro atoms. The van der Waals surface area contributed by atoms with E-state index < -0.39 is 10.0 Å². The van der Waals surface area contributed by atoms with Gasteiger partial charge in [0.2, 0.25) is 15.9 Å². The molecule has 0 bridgehead atoms. The molecule has 0 aliphatic heterocycles. The lowest BCUT2D eigenvalue weighted by Gasteiger charge is -2.28. The topological polar surface area (TPSA) is 66.5 Å². The summed E-state index contributed by atoms with van der Waals surface area (Å²) in [5.41, 5.74) is 3.40. The van der Waals surface area contributed by atoms with Crippen molar-refractivity contribution in [3.63, 3.8) is 0 Å². The van der Waals surface area contributed by atoms with Crippen molar-refractivity contribution in [2.24, 2.45) is 0 Å². The number of aryl methyl sites for hydroxylation is 1. The molecule has 4 rings (SSSR count). The lowest BCUT2D eigenvalue weighted by atomic mass is 9.88. The van der Waals surface area contributed by atoms with Gasteiger partial charge in [-0.05, 0) is 66.6 Å². The van der Waals surface area contributed by atoms with Crippen LogP contribution in [0.15, 0.2) is 88.2 Å². The molecule has 0 aromatic heterocycles. The molecule has 1 N–H and O–H groups in total. The molecule has 3 aromatic carbocycles. The minimum Gasteiger partial charge on any atom is -0.348 e. The molecule has 1 aliphatic rings. The average molecular weight is 527 g/mol. The number of carbonyl (C=O) groups is 1. The Hall–Kier alpha value is -2.48. The summed E-state index contributed by atoms with van der Waals surface area (Å²) in [5.74, 6) is -0.287. The molecule has 33 heavy (non-hydrogen) atoms. The molecule has 7 heteroatoms. The summed E-state index contributed by atoms with van der Waals surface area (Å²) in [7, 11) is -3.83. The largest absolute Gasteiger partial charge is 0.348 e. The van der Waals surface area contributed by atoms with Gasteiger partial charge in [-0.15, -0.1) is 0 Å². The second kappa shape index (κ2) is 10.6. The quantitative estimate of drug-likeness (QED) is 0.455. The summed E-state index contributed by atoms with van der Waals surface area (Å²) in [5, 5.41) is 3.08. The number of rotatable bonds is 8. The van der Waals surface area contributed by atoms with E-state index in [4.69, 9.17) is 0 Å². The third kappa shape index (κ3) is 5.91. The Balaban J connectivity index is 1.53. The summed E-state index contributed by atoms with van der Waals surface area (Å²) in [4.78, 5) is 13.2. The van der Waals surface area contributed by atoms with Crippen molar-refractivity contribution in [2.75, 3.05) is 13.1 Å². The number of hydrogen-bond donors (Lipinski definition) is 1. The van der Waals surface area contributed by atoms with E-state index in [1.165, 1.54) is 9.87 Å². The van der Waals surface area contributed by atoms with E-state index in [-0.39, 0.29) is 29.9 Å². The fourth-order valence-corrected chi connectivity index (χ4v) is 5.90. The van der Waals surface area contributed by atoms with Crippen LogP contribution in [0.25, 0.3) is 0 Å². The first-order valence-corrected chi connectivity index (χ1v) is 13.3. The molecule has 3 aromatic rings. The molecule has 172 valence electrons. The van der Waals surface area contributed by atoms with Crippen LogP contribution in [-0.2, 0) is 27.7 Å². The van der Waals surface area contributed by atoms with Crippen LogP contribution in [0.2, 0.25) is 0 Å². The highest BCUT2D eigenvalue weighted by molar-refractivity contribution is 9.10. The zero-order chi connectivity index (χ0) is 23.3. The maximum absolute atomic E-state index is 13.4. The van der Waals surface area contributed by atoms with Crippen LogP contribution >= 0.6 is 15.9 Å². The number of amides is 1. The van der Waals surface area contributed by atoms with Crippen molar-refractivity contribution in [3.8, 4) is 0 Å². The van der Waals surface area contributed by atoms with E-state index in [0.29, 0.717) is 6.42 Å². The molecular formula is C26H27BrN2O3S. The average Bonchev–Trinajstić information content (AvgIpc) is 2.83. The van der Waals surface area contributed by atoms with Gasteiger partial charge in [0, 0.05) is 11.0 Å². The number of hydrogen-bond acceptors (Lipinski definition) is 3. The molecule has 5 nitrogen and oxygen atoms in total. The molecule has 1 atom stereocenters. The van der Waals surface area contributed by atoms with E-state index in [2.05, 4.69) is 27.3 Å². The lowest BCUT2D eigenvalue weighted by molar-refractivity contribution is -0.122. The molecule has 1 amide bonds. The normalized spacial score (nSPS) is 15.8. The third-order valence-electron chi connectivity index (χ3n) is 5.97. The summed E-state index contributed by atoms with van der Waals surface area (Å²) in [6.45, 7) is 0.000974. The van der Waals surface area contributed by atoms with E-state index in [0.717, 1.165) is 34.9 Å². The summed E-state index contributed by atoms with van der Waals surface area (Å²) in [6.07, 6.45) is 3.38. The maximum atomic E-state index is 13.4. The Kier molecular flexibility index (Phi) is 7.63. The smallest absolute Gasteiger partial charge is 0.243 e. The highest BCUT2D eigenvalue weighted by atomic mass is 79.9. The zero-order valence-corrected chi connectivity index (χ0v) is 20.7. The second-order valence-corrected chi connectivity index (χ2v) is 11.1. The van der Waals surface area contributed by atoms with Gasteiger partial charge in [0.05, 0.1) is 17.5 Å². The lowest BCUT2D eigenvalue weighted by Crippen LogP contribution is -2.43. The molecule has 0 saturated heterocycles. The monoisotopic (exact) mass is 526 g/mol. The Labute approximate surface area is 204 Å². The van der Waals surface area contributed by atoms with Gasteiger partial charge in [0.1, 0.15) is 0 Å². The van der Waals surface area contributed by atoms with Crippen molar-refractivity contribution >= 4 is 31.9 Å². The van der Waals surface area contributed by atoms with Crippen LogP contribution in [0, 0.1) is 0 Å². The first kappa shape index (κ1) is 23.7. The second-order valence-electron chi connectivity index (χ2n) is 8.24. The van der Waals surface area contributed by atoms with E-state index in [9.17, 15) is 13.2 Å². The van der Waals surface area contributed by atoms with Crippen LogP contribution in [0.1, 0.15) is 35.6 Å². The number of carbonyl (C=O) groups excluding carboxylic acids is 1. The molecule has 1 unspecified atom stereocenters. The Morgan fingerprint density at radius 1 is 0.970 bits per heavy atom. The summed E-state index contributed by atoms with van der Waals surface area (Å²) in [6, 6.07) is 24.3. The van der Waals surface area contributed by atoms with Crippen molar-refractivity contribution in [2.45, 2.75) is 36.6 Å². The first-order valence-electron chi connectivity index (χ1n) is 11.1. The van der Waals surface area contributed by atoms with E-state index in [1.807, 2.05) is 48.5 Å². The first-order chi connectivity index (χ1) is 15.9. The van der Waals surface area contributed by atoms with Crippen molar-refractivity contribution in [1.82, 2.24) is 9.62 Å². The number of sulfonamides is 1. The van der Waals surface area contributed by atoms with E-state index >= 15 is 0 Å². The van der Waals surface area contributed by atoms with Gasteiger partial charge < -0.3 is 5.32 Å². The number of benzene rings is 3. The maximum Gasteiger partial charge on any atom is 0.243 e. The van der Waals surface area contributed by atoms with Crippen molar-refractivity contribution < 1.29 is 13.2 Å². The molecule has 0 saturated carbocycles. The SMILES string of the molecule is O=C(CN(CCc1ccccc1)S(=O)(=O)c1ccc(Br)cc1)NC1CCCc2ccccc21. The van der Waals surface area contributed by atoms with Crippen LogP contribution in [0.4, 0.5) is 0 Å². The number of nitrogens with zero attached hydrogens (tertiary/aromatic N) is 1. The standard InChI is InChI=1S/C26H27BrN2O3S/c27-22-13-15-23(16-14-22)33(31,32)29(18-17-20-7-2-1-3-8-20)19-26(30)28-25-12-6-10-21-9-4-5-11-24(21)25/h1-5,7-9,11,13-16,25H,6,10,12,17-19H2,(H,28,30). The zero-order valence-electron chi connectivity index (χ0n) is 18.3. The Morgan fingerprint density at radius 2 is 1.67 bits per heavy atom. The van der Waals surface area contributed by atoms with Crippen LogP contribution in [0.3, 0.4) is 0 Å². The van der Waals surface area contributed by atoms with Crippen LogP contribution in [-0.4, -0.2) is 31.7 Å². The number of fused-ring (bicyclic) bond motifs is 1. The molecular weight excluding hydrogens is 500 g/mol. The fraction of sp³-hybridized carbons (Fsp3) is 0.269. The van der Waals surface area contributed by atoms with Crippen molar-refractivity contribution in [3.05, 3.63) is 100 Å². The minimum absolute atomic E-state index is 0.0891. The molecule has 0 fully saturated rings. The third-order valence-corrected chi connectivity index (χ3v) is 8.36. The van der Waals surface area contributed by atoms with Gasteiger partial charge in [-0.25, -0.2) is 8.42 Å².